The van der Waals surface area contributed by atoms with Crippen molar-refractivity contribution in [1.29, 1.82) is 0 Å². The van der Waals surface area contributed by atoms with E-state index in [0.29, 0.717) is 0 Å². The van der Waals surface area contributed by atoms with Gasteiger partial charge in [0.05, 0.1) is 0 Å². The van der Waals surface area contributed by atoms with Crippen molar-refractivity contribution in [2.45, 2.75) is 658 Å². The summed E-state index contributed by atoms with van der Waals surface area (Å²) in [6, 6.07) is 0. The molecule has 0 aromatic rings. The van der Waals surface area contributed by atoms with Gasteiger partial charge in [-0.05, 0) is 0 Å². The molecule has 9 fully saturated rings. The molecule has 0 radical (unpaired) electrons. The van der Waals surface area contributed by atoms with Crippen molar-refractivity contribution >= 4 is 86.3 Å². The second-order valence-electron chi connectivity index (χ2n) is 41.2. The summed E-state index contributed by atoms with van der Waals surface area (Å²) in [6.45, 7) is 13.8. The summed E-state index contributed by atoms with van der Waals surface area (Å²) in [5.74, 6) is 0. The Balaban J connectivity index is 0.000000387. The standard InChI is InChI=1S/3C36H74O3P.3Sb/c3*1-3-5-7-9-11-13-15-17-19-21-23-25-27-29-31-33-35-40(37,38,39)36-34-32-30-28-26-24-22-20-18-16-14-12-10-8-6-4-2;;;/h3*3-36H2,1-2H3;;;/q3*-3;3*+3. The number of rotatable bonds is 102. The Morgan fingerprint density at radius 3 is 0.220 bits per heavy atom. The third-order valence-corrected chi connectivity index (χ3v) is 78.8. The SMILES string of the molecule is CCCCCCCCCCCCCCCCCCP12(CCCCCCCCCCCCCCCCCC)[O][Sb]([O]1)[O]2.CCCCCCCCCCCCCCCCCCP12(CCCCCCCCCCCCCCCCCC)[O][Sb]([O]1)[O]2.CCCCCCCCCCCCCCCCCCP12(CCCCCCCCCCCCCCCCCC)[O][Sb]([O]1)[O]2. The van der Waals surface area contributed by atoms with Gasteiger partial charge in [-0.1, -0.05) is 234 Å². The fourth-order valence-electron chi connectivity index (χ4n) is 20.3. The Labute approximate surface area is 799 Å². The van der Waals surface area contributed by atoms with Crippen LogP contribution in [0.1, 0.15) is 658 Å². The molecule has 0 atom stereocenters. The van der Waals surface area contributed by atoms with Gasteiger partial charge in [0.2, 0.25) is 0 Å². The van der Waals surface area contributed by atoms with E-state index in [2.05, 4.69) is 41.5 Å². The van der Waals surface area contributed by atoms with E-state index < -0.39 is 86.3 Å². The first kappa shape index (κ1) is 119. The van der Waals surface area contributed by atoms with Crippen LogP contribution in [0.3, 0.4) is 0 Å². The topological polar surface area (TPSA) is 83.1 Å². The molecule has 0 aromatic heterocycles. The third kappa shape index (κ3) is 60.7. The van der Waals surface area contributed by atoms with Crippen molar-refractivity contribution in [2.24, 2.45) is 0 Å². The van der Waals surface area contributed by atoms with Crippen LogP contribution in [0.5, 0.6) is 0 Å². The van der Waals surface area contributed by atoms with Gasteiger partial charge in [0.1, 0.15) is 0 Å². The summed E-state index contributed by atoms with van der Waals surface area (Å²) in [4.78, 5) is 0. The molecule has 0 unspecified atom stereocenters. The normalized spacial score (nSPS) is 18.0. The first-order valence-electron chi connectivity index (χ1n) is 57.4. The first-order chi connectivity index (χ1) is 60.7. The van der Waals surface area contributed by atoms with Crippen molar-refractivity contribution in [2.75, 3.05) is 37.0 Å². The average molecular weight is 2120 g/mol. The van der Waals surface area contributed by atoms with Crippen LogP contribution in [-0.2, 0) is 25.2 Å². The van der Waals surface area contributed by atoms with Crippen LogP contribution in [0.15, 0.2) is 0 Å². The van der Waals surface area contributed by atoms with E-state index in [1.54, 1.807) is 0 Å². The van der Waals surface area contributed by atoms with Crippen molar-refractivity contribution < 1.29 is 25.2 Å². The maximum atomic E-state index is 6.32. The van der Waals surface area contributed by atoms with Crippen molar-refractivity contribution in [1.82, 2.24) is 0 Å². The molecule has 0 spiro atoms. The van der Waals surface area contributed by atoms with Crippen LogP contribution < -0.4 is 0 Å². The first-order valence-corrected chi connectivity index (χ1v) is 73.9. The zero-order chi connectivity index (χ0) is 87.6. The average Bonchev–Trinajstić information content (AvgIpc) is 0.684. The van der Waals surface area contributed by atoms with Gasteiger partial charge in [-0.2, -0.15) is 0 Å². The van der Waals surface area contributed by atoms with E-state index in [4.69, 9.17) is 25.2 Å². The van der Waals surface area contributed by atoms with Gasteiger partial charge in [-0.25, -0.2) is 0 Å². The summed E-state index contributed by atoms with van der Waals surface area (Å²) in [5.41, 5.74) is 0. The molecule has 6 bridgehead atoms. The van der Waals surface area contributed by atoms with E-state index in [9.17, 15) is 0 Å². The summed E-state index contributed by atoms with van der Waals surface area (Å²) in [7, 11) is -7.53. The molecule has 9 saturated heterocycles. The monoisotopic (exact) mass is 2120 g/mol. The molecule has 0 aliphatic carbocycles. The minimum absolute atomic E-state index is 1.10. The minimum atomic E-state index is -2.51. The van der Waals surface area contributed by atoms with E-state index >= 15 is 0 Å². The van der Waals surface area contributed by atoms with Gasteiger partial charge in [0.25, 0.3) is 0 Å². The van der Waals surface area contributed by atoms with Crippen LogP contribution in [0.25, 0.3) is 0 Å². The fourth-order valence-corrected chi connectivity index (χ4v) is 66.6. The Morgan fingerprint density at radius 1 is 0.0976 bits per heavy atom. The molecule has 15 heteroatoms. The molecule has 0 N–H and O–H groups in total. The molecular formula is C108H222O9P3Sb3. The molecule has 0 saturated carbocycles. The van der Waals surface area contributed by atoms with Gasteiger partial charge in [0.15, 0.2) is 0 Å². The molecule has 9 aliphatic rings. The summed E-state index contributed by atoms with van der Waals surface area (Å²) in [6.07, 6.45) is 143. The van der Waals surface area contributed by atoms with Crippen LogP contribution >= 0.6 is 21.9 Å². The van der Waals surface area contributed by atoms with E-state index in [-0.39, 0.29) is 0 Å². The molecule has 123 heavy (non-hydrogen) atoms. The van der Waals surface area contributed by atoms with Crippen LogP contribution in [0.4, 0.5) is 0 Å². The van der Waals surface area contributed by atoms with Crippen LogP contribution in [0, 0.1) is 0 Å². The molecule has 9 aliphatic heterocycles. The van der Waals surface area contributed by atoms with Gasteiger partial charge in [-0.3, -0.25) is 0 Å². The Kier molecular flexibility index (Phi) is 79.6. The number of hydrogen-bond acceptors (Lipinski definition) is 9. The fraction of sp³-hybridized carbons (Fsp3) is 1.00. The quantitative estimate of drug-likeness (QED) is 0.0336. The molecule has 9 nitrogen and oxygen atoms in total. The predicted molar refractivity (Wildman–Crippen MR) is 554 cm³/mol. The second kappa shape index (κ2) is 82.5. The Bertz CT molecular complexity index is 1830. The molecule has 738 valence electrons. The van der Waals surface area contributed by atoms with Crippen LogP contribution in [0.2, 0.25) is 0 Å². The molecule has 0 amide bonds. The molecular weight excluding hydrogens is 1900 g/mol. The molecule has 0 aromatic carbocycles. The zero-order valence-corrected chi connectivity index (χ0v) is 94.8. The summed E-state index contributed by atoms with van der Waals surface area (Å²) < 4.78 is 56.9. The zero-order valence-electron chi connectivity index (χ0n) is 84.5. The summed E-state index contributed by atoms with van der Waals surface area (Å²) >= 11 is -6.03. The maximum absolute atomic E-state index is 6.32. The van der Waals surface area contributed by atoms with Gasteiger partial charge in [-0.15, -0.1) is 0 Å². The van der Waals surface area contributed by atoms with Gasteiger partial charge >= 0.3 is 572 Å². The van der Waals surface area contributed by atoms with E-state index in [1.165, 1.54) is 616 Å². The van der Waals surface area contributed by atoms with Gasteiger partial charge < -0.3 is 0 Å². The predicted octanol–water partition coefficient (Wildman–Crippen LogP) is 41.6. The van der Waals surface area contributed by atoms with Gasteiger partial charge in [0, 0.05) is 0 Å². The number of unbranched alkanes of at least 4 members (excludes halogenated alkanes) is 90. The van der Waals surface area contributed by atoms with Crippen molar-refractivity contribution in [3.8, 4) is 0 Å². The number of hydrogen-bond donors (Lipinski definition) is 0. The molecule has 9 rings (SSSR count). The van der Waals surface area contributed by atoms with E-state index in [0.717, 1.165) is 37.0 Å². The van der Waals surface area contributed by atoms with E-state index in [1.807, 2.05) is 0 Å². The van der Waals surface area contributed by atoms with Crippen molar-refractivity contribution in [3.63, 3.8) is 0 Å². The second-order valence-corrected chi connectivity index (χ2v) is 69.1. The van der Waals surface area contributed by atoms with Crippen LogP contribution in [-0.4, -0.2) is 101 Å². The molecule has 9 heterocycles. The third-order valence-electron chi connectivity index (χ3n) is 28.9. The Morgan fingerprint density at radius 2 is 0.163 bits per heavy atom. The van der Waals surface area contributed by atoms with Crippen molar-refractivity contribution in [3.05, 3.63) is 0 Å². The summed E-state index contributed by atoms with van der Waals surface area (Å²) in [5, 5.41) is 0. The Hall–Kier alpha value is 3.38.